The molecule has 0 aliphatic carbocycles. The van der Waals surface area contributed by atoms with E-state index in [9.17, 15) is 19.7 Å². The van der Waals surface area contributed by atoms with Crippen LogP contribution in [0, 0.1) is 16.0 Å². The summed E-state index contributed by atoms with van der Waals surface area (Å²) in [6.07, 6.45) is 0.167. The van der Waals surface area contributed by atoms with Crippen LogP contribution in [-0.2, 0) is 9.53 Å². The number of amides is 2. The topological polar surface area (TPSA) is 123 Å². The highest BCUT2D eigenvalue weighted by molar-refractivity contribution is 5.94. The first-order valence-corrected chi connectivity index (χ1v) is 9.56. The average Bonchev–Trinajstić information content (AvgIpc) is 2.57. The fraction of sp³-hybridized carbons (Fsp3) is 0.600. The molecule has 0 radical (unpaired) electrons. The Kier molecular flexibility index (Phi) is 8.57. The van der Waals surface area contributed by atoms with Gasteiger partial charge in [0.15, 0.2) is 0 Å². The van der Waals surface area contributed by atoms with Crippen LogP contribution in [0.3, 0.4) is 0 Å². The van der Waals surface area contributed by atoms with Crippen LogP contribution in [-0.4, -0.2) is 41.2 Å². The van der Waals surface area contributed by atoms with E-state index in [4.69, 9.17) is 4.74 Å². The number of benzene rings is 1. The van der Waals surface area contributed by atoms with Crippen molar-refractivity contribution in [2.24, 2.45) is 5.92 Å². The van der Waals surface area contributed by atoms with Crippen LogP contribution in [0.5, 0.6) is 0 Å². The standard InChI is InChI=1S/C20H32N4O5/c1-14(2)11-20(6,13-21-18(26)29-19(3,4)5)22-12-17(25)23-15-9-7-8-10-16(15)24(27)28/h7-10,14,22H,11-13H2,1-6H3,(H,21,26)(H,23,25). The Hall–Kier alpha value is -2.68. The lowest BCUT2D eigenvalue weighted by molar-refractivity contribution is -0.383. The zero-order chi connectivity index (χ0) is 22.2. The second-order valence-corrected chi connectivity index (χ2v) is 8.69. The average molecular weight is 408 g/mol. The zero-order valence-electron chi connectivity index (χ0n) is 18.0. The number of nitro groups is 1. The molecule has 1 rings (SSSR count). The summed E-state index contributed by atoms with van der Waals surface area (Å²) >= 11 is 0. The number of nitrogens with one attached hydrogen (secondary N) is 3. The molecule has 1 unspecified atom stereocenters. The molecule has 2 amide bonds. The molecule has 0 saturated heterocycles. The van der Waals surface area contributed by atoms with E-state index in [1.807, 2.05) is 20.8 Å². The molecule has 0 aromatic heterocycles. The summed E-state index contributed by atoms with van der Waals surface area (Å²) in [7, 11) is 0. The molecule has 1 atom stereocenters. The van der Waals surface area contributed by atoms with Crippen molar-refractivity contribution in [1.82, 2.24) is 10.6 Å². The van der Waals surface area contributed by atoms with Crippen molar-refractivity contribution >= 4 is 23.4 Å². The Balaban J connectivity index is 2.72. The van der Waals surface area contributed by atoms with Crippen LogP contribution in [0.4, 0.5) is 16.2 Å². The molecule has 0 saturated carbocycles. The molecule has 0 bridgehead atoms. The van der Waals surface area contributed by atoms with Crippen molar-refractivity contribution in [3.05, 3.63) is 34.4 Å². The molecule has 29 heavy (non-hydrogen) atoms. The summed E-state index contributed by atoms with van der Waals surface area (Å²) < 4.78 is 5.26. The molecule has 0 fully saturated rings. The van der Waals surface area contributed by atoms with Crippen LogP contribution in [0.1, 0.15) is 48.0 Å². The maximum Gasteiger partial charge on any atom is 0.407 e. The minimum atomic E-state index is -0.601. The highest BCUT2D eigenvalue weighted by atomic mass is 16.6. The zero-order valence-corrected chi connectivity index (χ0v) is 18.0. The number of rotatable bonds is 9. The number of alkyl carbamates (subject to hydrolysis) is 1. The van der Waals surface area contributed by atoms with Gasteiger partial charge in [0.05, 0.1) is 11.5 Å². The van der Waals surface area contributed by atoms with Crippen molar-refractivity contribution in [2.45, 2.75) is 59.1 Å². The number of hydrogen-bond donors (Lipinski definition) is 3. The van der Waals surface area contributed by atoms with Gasteiger partial charge in [-0.25, -0.2) is 4.79 Å². The molecule has 162 valence electrons. The van der Waals surface area contributed by atoms with Crippen molar-refractivity contribution in [2.75, 3.05) is 18.4 Å². The van der Waals surface area contributed by atoms with E-state index >= 15 is 0 Å². The monoisotopic (exact) mass is 408 g/mol. The lowest BCUT2D eigenvalue weighted by atomic mass is 9.90. The van der Waals surface area contributed by atoms with Gasteiger partial charge in [0.25, 0.3) is 5.69 Å². The number of hydrogen-bond acceptors (Lipinski definition) is 6. The number of carbonyl (C=O) groups is 2. The summed E-state index contributed by atoms with van der Waals surface area (Å²) in [6, 6.07) is 5.96. The highest BCUT2D eigenvalue weighted by Gasteiger charge is 2.28. The quantitative estimate of drug-likeness (QED) is 0.425. The normalized spacial score (nSPS) is 13.5. The Bertz CT molecular complexity index is 730. The molecule has 1 aromatic rings. The maximum atomic E-state index is 12.3. The van der Waals surface area contributed by atoms with E-state index in [1.54, 1.807) is 26.8 Å². The number of anilines is 1. The number of nitro benzene ring substituents is 1. The van der Waals surface area contributed by atoms with Gasteiger partial charge >= 0.3 is 6.09 Å². The number of para-hydroxylation sites is 2. The predicted molar refractivity (Wildman–Crippen MR) is 112 cm³/mol. The van der Waals surface area contributed by atoms with E-state index in [2.05, 4.69) is 16.0 Å². The molecule has 0 heterocycles. The largest absolute Gasteiger partial charge is 0.444 e. The van der Waals surface area contributed by atoms with Gasteiger partial charge in [0.2, 0.25) is 5.91 Å². The molecule has 0 aliphatic heterocycles. The van der Waals surface area contributed by atoms with Gasteiger partial charge in [-0.2, -0.15) is 0 Å². The maximum absolute atomic E-state index is 12.3. The fourth-order valence-electron chi connectivity index (χ4n) is 2.92. The molecular formula is C20H32N4O5. The van der Waals surface area contributed by atoms with Crippen LogP contribution in [0.15, 0.2) is 24.3 Å². The predicted octanol–water partition coefficient (Wildman–Crippen LogP) is 3.45. The van der Waals surface area contributed by atoms with Crippen molar-refractivity contribution < 1.29 is 19.2 Å². The Morgan fingerprint density at radius 3 is 2.34 bits per heavy atom. The lowest BCUT2D eigenvalue weighted by Gasteiger charge is -2.33. The number of nitrogens with zero attached hydrogens (tertiary/aromatic N) is 1. The molecule has 9 nitrogen and oxygen atoms in total. The van der Waals surface area contributed by atoms with E-state index in [0.29, 0.717) is 12.3 Å². The van der Waals surface area contributed by atoms with Crippen LogP contribution in [0.2, 0.25) is 0 Å². The Morgan fingerprint density at radius 2 is 1.79 bits per heavy atom. The van der Waals surface area contributed by atoms with Gasteiger partial charge in [-0.3, -0.25) is 14.9 Å². The molecule has 1 aromatic carbocycles. The third kappa shape index (κ3) is 9.38. The summed E-state index contributed by atoms with van der Waals surface area (Å²) in [5.41, 5.74) is -1.19. The first-order valence-electron chi connectivity index (χ1n) is 9.56. The minimum Gasteiger partial charge on any atom is -0.444 e. The smallest absolute Gasteiger partial charge is 0.407 e. The number of carbonyl (C=O) groups excluding carboxylic acids is 2. The lowest BCUT2D eigenvalue weighted by Crippen LogP contribution is -2.54. The van der Waals surface area contributed by atoms with Crippen molar-refractivity contribution in [1.29, 1.82) is 0 Å². The molecule has 0 aliphatic rings. The first kappa shape index (κ1) is 24.4. The Labute approximate surface area is 171 Å². The Morgan fingerprint density at radius 1 is 1.17 bits per heavy atom. The summed E-state index contributed by atoms with van der Waals surface area (Å²) in [4.78, 5) is 34.8. The van der Waals surface area contributed by atoms with Gasteiger partial charge < -0.3 is 20.7 Å². The van der Waals surface area contributed by atoms with E-state index in [1.165, 1.54) is 18.2 Å². The summed E-state index contributed by atoms with van der Waals surface area (Å²) in [6.45, 7) is 11.5. The first-order chi connectivity index (χ1) is 13.3. The van der Waals surface area contributed by atoms with Gasteiger partial charge in [-0.05, 0) is 46.1 Å². The molecule has 3 N–H and O–H groups in total. The molecular weight excluding hydrogens is 376 g/mol. The van der Waals surface area contributed by atoms with Gasteiger partial charge in [-0.1, -0.05) is 26.0 Å². The fourth-order valence-corrected chi connectivity index (χ4v) is 2.92. The third-order valence-electron chi connectivity index (χ3n) is 3.93. The number of ether oxygens (including phenoxy) is 1. The van der Waals surface area contributed by atoms with Gasteiger partial charge in [0.1, 0.15) is 11.3 Å². The second-order valence-electron chi connectivity index (χ2n) is 8.69. The van der Waals surface area contributed by atoms with Crippen LogP contribution in [0.25, 0.3) is 0 Å². The van der Waals surface area contributed by atoms with Gasteiger partial charge in [0, 0.05) is 18.2 Å². The molecule has 9 heteroatoms. The van der Waals surface area contributed by atoms with Crippen molar-refractivity contribution in [3.63, 3.8) is 0 Å². The summed E-state index contributed by atoms with van der Waals surface area (Å²) in [5, 5.41) is 19.5. The second kappa shape index (κ2) is 10.2. The highest BCUT2D eigenvalue weighted by Crippen LogP contribution is 2.23. The van der Waals surface area contributed by atoms with Gasteiger partial charge in [-0.15, -0.1) is 0 Å². The van der Waals surface area contributed by atoms with E-state index < -0.39 is 28.1 Å². The molecule has 0 spiro atoms. The summed E-state index contributed by atoms with van der Waals surface area (Å²) in [5.74, 6) is -0.0993. The third-order valence-corrected chi connectivity index (χ3v) is 3.93. The minimum absolute atomic E-state index is 0.0642. The SMILES string of the molecule is CC(C)CC(C)(CNC(=O)OC(C)(C)C)NCC(=O)Nc1ccccc1[N+](=O)[O-]. The van der Waals surface area contributed by atoms with Crippen LogP contribution >= 0.6 is 0 Å². The van der Waals surface area contributed by atoms with E-state index in [-0.39, 0.29) is 24.5 Å². The van der Waals surface area contributed by atoms with E-state index in [0.717, 1.165) is 0 Å². The van der Waals surface area contributed by atoms with Crippen molar-refractivity contribution in [3.8, 4) is 0 Å². The van der Waals surface area contributed by atoms with Crippen LogP contribution < -0.4 is 16.0 Å².